The van der Waals surface area contributed by atoms with E-state index in [2.05, 4.69) is 39.8 Å². The zero-order chi connectivity index (χ0) is 26.9. The van der Waals surface area contributed by atoms with E-state index in [4.69, 9.17) is 9.26 Å². The van der Waals surface area contributed by atoms with E-state index in [9.17, 15) is 9.59 Å². The standard InChI is InChI=1S/C30H32N4O4/c1-4-37-30(36)21(3)32-28(35)24-14-16-26(17-15-24)31-19-20(2)18-22-10-12-23(13-11-22)27-33-29(38-34-27)25-8-6-5-7-9-25/h5-17,20-21,31H,4,18-19H2,1-3H3,(H,32,35)/t20?,21-/m0/s1. The van der Waals surface area contributed by atoms with Crippen LogP contribution in [0.4, 0.5) is 5.69 Å². The summed E-state index contributed by atoms with van der Waals surface area (Å²) < 4.78 is 10.3. The first kappa shape index (κ1) is 26.6. The molecule has 0 radical (unpaired) electrons. The van der Waals surface area contributed by atoms with Crippen molar-refractivity contribution in [1.29, 1.82) is 0 Å². The third-order valence-corrected chi connectivity index (χ3v) is 6.03. The summed E-state index contributed by atoms with van der Waals surface area (Å²) in [7, 11) is 0. The van der Waals surface area contributed by atoms with Gasteiger partial charge in [0.2, 0.25) is 5.82 Å². The van der Waals surface area contributed by atoms with E-state index in [1.165, 1.54) is 5.56 Å². The van der Waals surface area contributed by atoms with Gasteiger partial charge in [-0.1, -0.05) is 54.5 Å². The fourth-order valence-corrected chi connectivity index (χ4v) is 3.94. The molecule has 0 aliphatic heterocycles. The van der Waals surface area contributed by atoms with Gasteiger partial charge in [-0.05, 0) is 68.1 Å². The summed E-state index contributed by atoms with van der Waals surface area (Å²) in [5, 5.41) is 10.2. The molecule has 3 aromatic carbocycles. The number of aromatic nitrogens is 2. The molecule has 8 heteroatoms. The van der Waals surface area contributed by atoms with Crippen LogP contribution in [-0.2, 0) is 16.0 Å². The maximum absolute atomic E-state index is 12.4. The van der Waals surface area contributed by atoms with Crippen LogP contribution in [0, 0.1) is 5.92 Å². The summed E-state index contributed by atoms with van der Waals surface area (Å²) >= 11 is 0. The monoisotopic (exact) mass is 512 g/mol. The predicted octanol–water partition coefficient (Wildman–Crippen LogP) is 5.38. The molecule has 1 heterocycles. The molecule has 2 N–H and O–H groups in total. The molecule has 196 valence electrons. The van der Waals surface area contributed by atoms with Gasteiger partial charge in [0.1, 0.15) is 6.04 Å². The Morgan fingerprint density at radius 1 is 0.921 bits per heavy atom. The van der Waals surface area contributed by atoms with Crippen LogP contribution in [0.1, 0.15) is 36.7 Å². The molecular weight excluding hydrogens is 480 g/mol. The summed E-state index contributed by atoms with van der Waals surface area (Å²) in [4.78, 5) is 28.6. The molecule has 0 bridgehead atoms. The third-order valence-electron chi connectivity index (χ3n) is 6.03. The van der Waals surface area contributed by atoms with Crippen molar-refractivity contribution in [1.82, 2.24) is 15.5 Å². The molecule has 1 amide bonds. The summed E-state index contributed by atoms with van der Waals surface area (Å²) in [6.07, 6.45) is 0.904. The van der Waals surface area contributed by atoms with Gasteiger partial charge in [0.05, 0.1) is 6.61 Å². The fourth-order valence-electron chi connectivity index (χ4n) is 3.94. The Balaban J connectivity index is 1.25. The Kier molecular flexibility index (Phi) is 8.87. The number of hydrogen-bond donors (Lipinski definition) is 2. The largest absolute Gasteiger partial charge is 0.464 e. The van der Waals surface area contributed by atoms with Gasteiger partial charge in [-0.3, -0.25) is 4.79 Å². The van der Waals surface area contributed by atoms with Crippen LogP contribution in [0.5, 0.6) is 0 Å². The highest BCUT2D eigenvalue weighted by Gasteiger charge is 2.17. The lowest BCUT2D eigenvalue weighted by Crippen LogP contribution is -2.39. The topological polar surface area (TPSA) is 106 Å². The van der Waals surface area contributed by atoms with E-state index in [0.29, 0.717) is 23.2 Å². The average Bonchev–Trinajstić information content (AvgIpc) is 3.44. The van der Waals surface area contributed by atoms with Crippen molar-refractivity contribution in [3.05, 3.63) is 90.0 Å². The summed E-state index contributed by atoms with van der Waals surface area (Å²) in [6.45, 7) is 6.57. The molecule has 8 nitrogen and oxygen atoms in total. The molecular formula is C30H32N4O4. The van der Waals surface area contributed by atoms with Crippen molar-refractivity contribution in [2.45, 2.75) is 33.2 Å². The van der Waals surface area contributed by atoms with Gasteiger partial charge in [-0.15, -0.1) is 0 Å². The SMILES string of the molecule is CCOC(=O)[C@H](C)NC(=O)c1ccc(NCC(C)Cc2ccc(-c3noc(-c4ccccc4)n3)cc2)cc1. The van der Waals surface area contributed by atoms with E-state index < -0.39 is 12.0 Å². The lowest BCUT2D eigenvalue weighted by molar-refractivity contribution is -0.144. The number of amides is 1. The van der Waals surface area contributed by atoms with Gasteiger partial charge in [0.25, 0.3) is 11.8 Å². The van der Waals surface area contributed by atoms with Crippen molar-refractivity contribution < 1.29 is 18.8 Å². The molecule has 2 atom stereocenters. The Morgan fingerprint density at radius 3 is 2.32 bits per heavy atom. The molecule has 1 unspecified atom stereocenters. The van der Waals surface area contributed by atoms with Crippen LogP contribution < -0.4 is 10.6 Å². The highest BCUT2D eigenvalue weighted by atomic mass is 16.5. The number of carbonyl (C=O) groups excluding carboxylic acids is 2. The molecule has 4 rings (SSSR count). The van der Waals surface area contributed by atoms with Gasteiger partial charge < -0.3 is 19.9 Å². The molecule has 0 saturated heterocycles. The minimum absolute atomic E-state index is 0.277. The number of rotatable bonds is 11. The summed E-state index contributed by atoms with van der Waals surface area (Å²) in [5.41, 5.74) is 4.43. The highest BCUT2D eigenvalue weighted by Crippen LogP contribution is 2.23. The Morgan fingerprint density at radius 2 is 1.63 bits per heavy atom. The second kappa shape index (κ2) is 12.7. The Hall–Kier alpha value is -4.46. The number of benzene rings is 3. The van der Waals surface area contributed by atoms with Gasteiger partial charge >= 0.3 is 5.97 Å². The predicted molar refractivity (Wildman–Crippen MR) is 147 cm³/mol. The number of anilines is 1. The van der Waals surface area contributed by atoms with Crippen LogP contribution in [0.2, 0.25) is 0 Å². The maximum atomic E-state index is 12.4. The fraction of sp³-hybridized carbons (Fsp3) is 0.267. The van der Waals surface area contributed by atoms with Crippen molar-refractivity contribution in [3.63, 3.8) is 0 Å². The lowest BCUT2D eigenvalue weighted by atomic mass is 10.00. The quantitative estimate of drug-likeness (QED) is 0.260. The third kappa shape index (κ3) is 7.06. The van der Waals surface area contributed by atoms with Crippen molar-refractivity contribution >= 4 is 17.6 Å². The number of ether oxygens (including phenoxy) is 1. The van der Waals surface area contributed by atoms with Crippen molar-refractivity contribution in [2.24, 2.45) is 5.92 Å². The maximum Gasteiger partial charge on any atom is 0.328 e. The molecule has 0 aliphatic carbocycles. The number of carbonyl (C=O) groups is 2. The number of nitrogens with one attached hydrogen (secondary N) is 2. The minimum Gasteiger partial charge on any atom is -0.464 e. The van der Waals surface area contributed by atoms with Crippen LogP contribution in [0.3, 0.4) is 0 Å². The average molecular weight is 513 g/mol. The van der Waals surface area contributed by atoms with Crippen molar-refractivity contribution in [2.75, 3.05) is 18.5 Å². The van der Waals surface area contributed by atoms with E-state index in [0.717, 1.165) is 29.8 Å². The zero-order valence-corrected chi connectivity index (χ0v) is 21.8. The first-order chi connectivity index (χ1) is 18.4. The number of esters is 1. The second-order valence-electron chi connectivity index (χ2n) is 9.20. The molecule has 0 spiro atoms. The van der Waals surface area contributed by atoms with E-state index in [-0.39, 0.29) is 12.5 Å². The normalized spacial score (nSPS) is 12.4. The Labute approximate surface area is 222 Å². The molecule has 38 heavy (non-hydrogen) atoms. The van der Waals surface area contributed by atoms with Crippen LogP contribution >= 0.6 is 0 Å². The second-order valence-corrected chi connectivity index (χ2v) is 9.20. The molecule has 0 fully saturated rings. The van der Waals surface area contributed by atoms with Gasteiger partial charge in [0.15, 0.2) is 0 Å². The van der Waals surface area contributed by atoms with Crippen molar-refractivity contribution in [3.8, 4) is 22.8 Å². The van der Waals surface area contributed by atoms with Gasteiger partial charge in [-0.2, -0.15) is 4.98 Å². The van der Waals surface area contributed by atoms with E-state index in [1.807, 2.05) is 54.6 Å². The number of nitrogens with zero attached hydrogens (tertiary/aromatic N) is 2. The first-order valence-electron chi connectivity index (χ1n) is 12.7. The molecule has 0 saturated carbocycles. The number of hydrogen-bond acceptors (Lipinski definition) is 7. The highest BCUT2D eigenvalue weighted by molar-refractivity contribution is 5.96. The summed E-state index contributed by atoms with van der Waals surface area (Å²) in [6, 6.07) is 24.4. The van der Waals surface area contributed by atoms with Crippen LogP contribution in [-0.4, -0.2) is 41.2 Å². The first-order valence-corrected chi connectivity index (χ1v) is 12.7. The van der Waals surface area contributed by atoms with Crippen LogP contribution in [0.25, 0.3) is 22.8 Å². The van der Waals surface area contributed by atoms with Crippen LogP contribution in [0.15, 0.2) is 83.4 Å². The van der Waals surface area contributed by atoms with Gasteiger partial charge in [-0.25, -0.2) is 4.79 Å². The molecule has 1 aromatic heterocycles. The van der Waals surface area contributed by atoms with E-state index in [1.54, 1.807) is 26.0 Å². The lowest BCUT2D eigenvalue weighted by Gasteiger charge is -2.15. The molecule has 0 aliphatic rings. The summed E-state index contributed by atoms with van der Waals surface area (Å²) in [5.74, 6) is 0.687. The van der Waals surface area contributed by atoms with E-state index >= 15 is 0 Å². The minimum atomic E-state index is -0.700. The molecule has 4 aromatic rings. The zero-order valence-electron chi connectivity index (χ0n) is 21.8. The van der Waals surface area contributed by atoms with Gasteiger partial charge in [0, 0.05) is 28.9 Å². The smallest absolute Gasteiger partial charge is 0.328 e. The Bertz CT molecular complexity index is 1330.